The lowest BCUT2D eigenvalue weighted by Gasteiger charge is -2.19. The zero-order valence-corrected chi connectivity index (χ0v) is 17.2. The van der Waals surface area contributed by atoms with Gasteiger partial charge < -0.3 is 19.7 Å². The SMILES string of the molecule is CCCCCCCCCOc1c(O)c(OC(=O)O)cc(CCC)c1CCC. The quantitative estimate of drug-likeness (QED) is 0.219. The van der Waals surface area contributed by atoms with E-state index in [2.05, 4.69) is 20.8 Å². The Labute approximate surface area is 163 Å². The second-order valence-electron chi connectivity index (χ2n) is 7.03. The number of carboxylic acid groups (broad SMARTS) is 1. The van der Waals surface area contributed by atoms with Gasteiger partial charge in [0.15, 0.2) is 11.5 Å². The molecule has 1 aromatic carbocycles. The smallest absolute Gasteiger partial charge is 0.502 e. The third-order valence-corrected chi connectivity index (χ3v) is 4.63. The molecule has 154 valence electrons. The van der Waals surface area contributed by atoms with Crippen LogP contribution in [0.5, 0.6) is 17.2 Å². The summed E-state index contributed by atoms with van der Waals surface area (Å²) >= 11 is 0. The number of ether oxygens (including phenoxy) is 2. The van der Waals surface area contributed by atoms with Crippen LogP contribution >= 0.6 is 0 Å². The van der Waals surface area contributed by atoms with Crippen LogP contribution in [0.15, 0.2) is 6.07 Å². The fourth-order valence-electron chi connectivity index (χ4n) is 3.29. The highest BCUT2D eigenvalue weighted by Gasteiger charge is 2.21. The summed E-state index contributed by atoms with van der Waals surface area (Å²) in [6, 6.07) is 1.64. The first-order chi connectivity index (χ1) is 13.0. The fraction of sp³-hybridized carbons (Fsp3) is 0.682. The van der Waals surface area contributed by atoms with Crippen LogP contribution in [0.3, 0.4) is 0 Å². The van der Waals surface area contributed by atoms with E-state index in [9.17, 15) is 9.90 Å². The number of aryl methyl sites for hydroxylation is 1. The standard InChI is InChI=1S/C22H36O5/c1-4-7-8-9-10-11-12-15-26-21-18(14-6-3)17(13-5-2)16-19(20(21)23)27-22(24)25/h16,23H,4-15H2,1-3H3,(H,24,25). The second-order valence-corrected chi connectivity index (χ2v) is 7.03. The van der Waals surface area contributed by atoms with Crippen molar-refractivity contribution in [1.29, 1.82) is 0 Å². The van der Waals surface area contributed by atoms with Crippen molar-refractivity contribution in [3.8, 4) is 17.2 Å². The molecule has 0 aromatic heterocycles. The molecular formula is C22H36O5. The van der Waals surface area contributed by atoms with Crippen LogP contribution in [0, 0.1) is 0 Å². The van der Waals surface area contributed by atoms with Gasteiger partial charge in [-0.3, -0.25) is 0 Å². The molecule has 0 radical (unpaired) electrons. The first kappa shape index (κ1) is 23.1. The van der Waals surface area contributed by atoms with E-state index in [1.165, 1.54) is 32.1 Å². The van der Waals surface area contributed by atoms with E-state index in [0.717, 1.165) is 49.7 Å². The van der Waals surface area contributed by atoms with Gasteiger partial charge in [-0.25, -0.2) is 4.79 Å². The molecule has 0 saturated carbocycles. The molecule has 0 aliphatic carbocycles. The van der Waals surface area contributed by atoms with E-state index >= 15 is 0 Å². The molecule has 1 aromatic rings. The largest absolute Gasteiger partial charge is 0.511 e. The van der Waals surface area contributed by atoms with Gasteiger partial charge in [-0.05, 0) is 30.9 Å². The highest BCUT2D eigenvalue weighted by atomic mass is 16.7. The molecule has 2 N–H and O–H groups in total. The molecule has 5 heteroatoms. The first-order valence-electron chi connectivity index (χ1n) is 10.5. The summed E-state index contributed by atoms with van der Waals surface area (Å²) in [6.45, 7) is 6.87. The van der Waals surface area contributed by atoms with Crippen LogP contribution < -0.4 is 9.47 Å². The summed E-state index contributed by atoms with van der Waals surface area (Å²) in [6.07, 6.45) is 10.3. The van der Waals surface area contributed by atoms with Crippen molar-refractivity contribution in [3.05, 3.63) is 17.2 Å². The monoisotopic (exact) mass is 380 g/mol. The summed E-state index contributed by atoms with van der Waals surface area (Å²) < 4.78 is 10.7. The molecule has 0 aliphatic heterocycles. The maximum atomic E-state index is 10.9. The summed E-state index contributed by atoms with van der Waals surface area (Å²) in [7, 11) is 0. The van der Waals surface area contributed by atoms with E-state index < -0.39 is 6.16 Å². The number of hydrogen-bond donors (Lipinski definition) is 2. The minimum Gasteiger partial charge on any atom is -0.502 e. The minimum atomic E-state index is -1.44. The van der Waals surface area contributed by atoms with Gasteiger partial charge in [0.25, 0.3) is 0 Å². The molecular weight excluding hydrogens is 344 g/mol. The van der Waals surface area contributed by atoms with E-state index in [0.29, 0.717) is 12.4 Å². The topological polar surface area (TPSA) is 76.0 Å². The maximum absolute atomic E-state index is 10.9. The van der Waals surface area contributed by atoms with Crippen molar-refractivity contribution in [2.45, 2.75) is 91.4 Å². The number of phenolic OH excluding ortho intramolecular Hbond substituents is 1. The Hall–Kier alpha value is -1.91. The average Bonchev–Trinajstić information content (AvgIpc) is 2.63. The van der Waals surface area contributed by atoms with E-state index in [4.69, 9.17) is 14.6 Å². The summed E-state index contributed by atoms with van der Waals surface area (Å²) in [5.74, 6) is 0.147. The lowest BCUT2D eigenvalue weighted by molar-refractivity contribution is 0.142. The number of rotatable bonds is 14. The van der Waals surface area contributed by atoms with Crippen molar-refractivity contribution < 1.29 is 24.5 Å². The number of benzene rings is 1. The summed E-state index contributed by atoms with van der Waals surface area (Å²) in [4.78, 5) is 10.9. The van der Waals surface area contributed by atoms with E-state index in [-0.39, 0.29) is 11.5 Å². The Morgan fingerprint density at radius 2 is 1.56 bits per heavy atom. The molecule has 0 fully saturated rings. The van der Waals surface area contributed by atoms with Crippen molar-refractivity contribution in [3.63, 3.8) is 0 Å². The van der Waals surface area contributed by atoms with Crippen LogP contribution in [-0.2, 0) is 12.8 Å². The van der Waals surface area contributed by atoms with Crippen molar-refractivity contribution in [2.24, 2.45) is 0 Å². The van der Waals surface area contributed by atoms with Gasteiger partial charge in [-0.15, -0.1) is 0 Å². The van der Waals surface area contributed by atoms with Crippen LogP contribution in [0.1, 0.15) is 89.7 Å². The summed E-state index contributed by atoms with van der Waals surface area (Å²) in [5.41, 5.74) is 1.96. The Kier molecular flexibility index (Phi) is 11.4. The number of hydrogen-bond acceptors (Lipinski definition) is 4. The number of carbonyl (C=O) groups is 1. The lowest BCUT2D eigenvalue weighted by Crippen LogP contribution is -2.08. The van der Waals surface area contributed by atoms with Gasteiger partial charge in [0.2, 0.25) is 5.75 Å². The summed E-state index contributed by atoms with van der Waals surface area (Å²) in [5, 5.41) is 19.5. The number of aromatic hydroxyl groups is 1. The van der Waals surface area contributed by atoms with E-state index in [1.807, 2.05) is 0 Å². The molecule has 1 rings (SSSR count). The molecule has 27 heavy (non-hydrogen) atoms. The predicted molar refractivity (Wildman–Crippen MR) is 108 cm³/mol. The molecule has 0 bridgehead atoms. The molecule has 0 heterocycles. The Morgan fingerprint density at radius 1 is 0.926 bits per heavy atom. The van der Waals surface area contributed by atoms with Gasteiger partial charge in [-0.2, -0.15) is 0 Å². The number of unbranched alkanes of at least 4 members (excludes halogenated alkanes) is 6. The van der Waals surface area contributed by atoms with Gasteiger partial charge >= 0.3 is 6.16 Å². The third-order valence-electron chi connectivity index (χ3n) is 4.63. The minimum absolute atomic E-state index is 0.0413. The van der Waals surface area contributed by atoms with Gasteiger partial charge in [0.1, 0.15) is 0 Å². The predicted octanol–water partition coefficient (Wildman–Crippen LogP) is 6.48. The van der Waals surface area contributed by atoms with Crippen LogP contribution in [-0.4, -0.2) is 23.0 Å². The normalized spacial score (nSPS) is 10.8. The second kappa shape index (κ2) is 13.3. The average molecular weight is 381 g/mol. The van der Waals surface area contributed by atoms with E-state index in [1.54, 1.807) is 6.07 Å². The van der Waals surface area contributed by atoms with Gasteiger partial charge in [0.05, 0.1) is 6.61 Å². The van der Waals surface area contributed by atoms with Crippen LogP contribution in [0.4, 0.5) is 4.79 Å². The molecule has 5 nitrogen and oxygen atoms in total. The third kappa shape index (κ3) is 8.10. The Morgan fingerprint density at radius 3 is 2.15 bits per heavy atom. The molecule has 0 amide bonds. The zero-order valence-electron chi connectivity index (χ0n) is 17.2. The Balaban J connectivity index is 2.83. The van der Waals surface area contributed by atoms with Crippen LogP contribution in [0.25, 0.3) is 0 Å². The highest BCUT2D eigenvalue weighted by Crippen LogP contribution is 2.42. The Bertz CT molecular complexity index is 568. The molecule has 0 saturated heterocycles. The fourth-order valence-corrected chi connectivity index (χ4v) is 3.29. The molecule has 0 aliphatic rings. The maximum Gasteiger partial charge on any atom is 0.511 e. The lowest BCUT2D eigenvalue weighted by atomic mass is 9.97. The molecule has 0 atom stereocenters. The van der Waals surface area contributed by atoms with Crippen molar-refractivity contribution >= 4 is 6.16 Å². The molecule has 0 unspecified atom stereocenters. The van der Waals surface area contributed by atoms with Crippen molar-refractivity contribution in [1.82, 2.24) is 0 Å². The first-order valence-corrected chi connectivity index (χ1v) is 10.5. The zero-order chi connectivity index (χ0) is 20.1. The van der Waals surface area contributed by atoms with Gasteiger partial charge in [0, 0.05) is 5.56 Å². The van der Waals surface area contributed by atoms with Crippen LogP contribution in [0.2, 0.25) is 0 Å². The molecule has 0 spiro atoms. The van der Waals surface area contributed by atoms with Gasteiger partial charge in [-0.1, -0.05) is 72.1 Å². The highest BCUT2D eigenvalue weighted by molar-refractivity contribution is 5.66. The number of phenols is 1. The van der Waals surface area contributed by atoms with Crippen molar-refractivity contribution in [2.75, 3.05) is 6.61 Å².